The minimum Gasteiger partial charge on any atom is -0.486 e. The molecule has 156 valence electrons. The number of aromatic nitrogens is 2. The normalized spacial score (nSPS) is 12.6. The van der Waals surface area contributed by atoms with Gasteiger partial charge in [-0.3, -0.25) is 4.79 Å². The minimum absolute atomic E-state index is 0.111. The zero-order valence-corrected chi connectivity index (χ0v) is 17.1. The largest absolute Gasteiger partial charge is 0.486 e. The van der Waals surface area contributed by atoms with Crippen LogP contribution in [0.4, 0.5) is 10.1 Å². The molecule has 0 saturated heterocycles. The number of nitrogens with zero attached hydrogens (tertiary/aromatic N) is 2. The number of halogens is 1. The van der Waals surface area contributed by atoms with Crippen LogP contribution < -0.4 is 14.8 Å². The van der Waals surface area contributed by atoms with Crippen molar-refractivity contribution in [2.75, 3.05) is 24.8 Å². The molecule has 1 N–H and O–H groups in total. The van der Waals surface area contributed by atoms with Crippen LogP contribution in [0.1, 0.15) is 18.7 Å². The second kappa shape index (κ2) is 9.17. The topological polar surface area (TPSA) is 86.5 Å². The third-order valence-electron chi connectivity index (χ3n) is 4.50. The molecule has 1 aliphatic rings. The highest BCUT2D eigenvalue weighted by Gasteiger charge is 2.17. The molecule has 2 aromatic carbocycles. The van der Waals surface area contributed by atoms with Crippen molar-refractivity contribution in [3.05, 3.63) is 48.1 Å². The molecule has 0 aliphatic carbocycles. The van der Waals surface area contributed by atoms with Crippen molar-refractivity contribution in [3.63, 3.8) is 0 Å². The fraction of sp³-hybridized carbons (Fsp3) is 0.286. The van der Waals surface area contributed by atoms with Crippen molar-refractivity contribution in [3.8, 4) is 22.9 Å². The van der Waals surface area contributed by atoms with E-state index in [9.17, 15) is 9.18 Å². The van der Waals surface area contributed by atoms with Crippen molar-refractivity contribution < 1.29 is 23.2 Å². The number of thioether (sulfide) groups is 1. The minimum atomic E-state index is -0.323. The van der Waals surface area contributed by atoms with Gasteiger partial charge in [-0.15, -0.1) is 11.8 Å². The van der Waals surface area contributed by atoms with E-state index in [0.717, 1.165) is 4.90 Å². The molecule has 1 aliphatic heterocycles. The van der Waals surface area contributed by atoms with Gasteiger partial charge >= 0.3 is 0 Å². The van der Waals surface area contributed by atoms with Crippen LogP contribution in [0.2, 0.25) is 0 Å². The van der Waals surface area contributed by atoms with Gasteiger partial charge in [0.2, 0.25) is 17.6 Å². The molecule has 0 spiro atoms. The van der Waals surface area contributed by atoms with Gasteiger partial charge < -0.3 is 19.3 Å². The number of benzene rings is 2. The van der Waals surface area contributed by atoms with Crippen molar-refractivity contribution in [1.82, 2.24) is 10.1 Å². The third kappa shape index (κ3) is 4.73. The van der Waals surface area contributed by atoms with Crippen LogP contribution in [0.5, 0.6) is 11.5 Å². The van der Waals surface area contributed by atoms with E-state index < -0.39 is 0 Å². The first kappa shape index (κ1) is 20.2. The summed E-state index contributed by atoms with van der Waals surface area (Å²) >= 11 is 1.53. The lowest BCUT2D eigenvalue weighted by Crippen LogP contribution is -2.17. The van der Waals surface area contributed by atoms with Crippen molar-refractivity contribution in [2.24, 2.45) is 0 Å². The standard InChI is InChI=1S/C21H20FN3O4S/c1-30-18-12-17-16(27-9-10-28-17)11-15(18)23-19(26)3-2-4-20-24-21(25-29-20)13-5-7-14(22)8-6-13/h5-8,11-12H,2-4,9-10H2,1H3,(H,23,26). The van der Waals surface area contributed by atoms with Crippen LogP contribution >= 0.6 is 11.8 Å². The molecular weight excluding hydrogens is 409 g/mol. The lowest BCUT2D eigenvalue weighted by atomic mass is 10.2. The molecule has 0 saturated carbocycles. The van der Waals surface area contributed by atoms with Gasteiger partial charge in [-0.25, -0.2) is 4.39 Å². The summed E-state index contributed by atoms with van der Waals surface area (Å²) in [5.41, 5.74) is 1.38. The molecule has 9 heteroatoms. The number of carbonyl (C=O) groups excluding carboxylic acids is 1. The van der Waals surface area contributed by atoms with E-state index in [0.29, 0.717) is 66.9 Å². The highest BCUT2D eigenvalue weighted by molar-refractivity contribution is 7.98. The second-order valence-electron chi connectivity index (χ2n) is 6.62. The summed E-state index contributed by atoms with van der Waals surface area (Å²) in [6, 6.07) is 9.55. The molecular formula is C21H20FN3O4S. The van der Waals surface area contributed by atoms with E-state index >= 15 is 0 Å². The van der Waals surface area contributed by atoms with Gasteiger partial charge in [0.05, 0.1) is 5.69 Å². The Morgan fingerprint density at radius 1 is 1.17 bits per heavy atom. The summed E-state index contributed by atoms with van der Waals surface area (Å²) in [6.45, 7) is 1.01. The first-order chi connectivity index (χ1) is 14.6. The fourth-order valence-electron chi connectivity index (χ4n) is 3.02. The predicted octanol–water partition coefficient (Wildman–Crippen LogP) is 4.33. The number of hydrogen-bond acceptors (Lipinski definition) is 7. The van der Waals surface area contributed by atoms with Gasteiger partial charge in [-0.2, -0.15) is 4.98 Å². The molecule has 30 heavy (non-hydrogen) atoms. The first-order valence-corrected chi connectivity index (χ1v) is 10.7. The van der Waals surface area contributed by atoms with Crippen LogP contribution in [-0.2, 0) is 11.2 Å². The number of carbonyl (C=O) groups is 1. The van der Waals surface area contributed by atoms with Gasteiger partial charge in [-0.1, -0.05) is 5.16 Å². The molecule has 0 bridgehead atoms. The number of anilines is 1. The number of fused-ring (bicyclic) bond motifs is 1. The van der Waals surface area contributed by atoms with Crippen LogP contribution in [0, 0.1) is 5.82 Å². The highest BCUT2D eigenvalue weighted by Crippen LogP contribution is 2.39. The van der Waals surface area contributed by atoms with E-state index in [2.05, 4.69) is 15.5 Å². The molecule has 0 radical (unpaired) electrons. The Labute approximate surface area is 177 Å². The quantitative estimate of drug-likeness (QED) is 0.560. The van der Waals surface area contributed by atoms with Crippen molar-refractivity contribution in [2.45, 2.75) is 24.2 Å². The van der Waals surface area contributed by atoms with Gasteiger partial charge in [0, 0.05) is 29.4 Å². The van der Waals surface area contributed by atoms with Gasteiger partial charge in [0.15, 0.2) is 11.5 Å². The van der Waals surface area contributed by atoms with Crippen molar-refractivity contribution >= 4 is 23.4 Å². The van der Waals surface area contributed by atoms with Crippen LogP contribution in [-0.4, -0.2) is 35.5 Å². The Hall–Kier alpha value is -3.07. The fourth-order valence-corrected chi connectivity index (χ4v) is 3.58. The number of ether oxygens (including phenoxy) is 2. The first-order valence-electron chi connectivity index (χ1n) is 9.48. The summed E-state index contributed by atoms with van der Waals surface area (Å²) in [6.07, 6.45) is 3.26. The Balaban J connectivity index is 1.32. The van der Waals surface area contributed by atoms with E-state index in [4.69, 9.17) is 14.0 Å². The Kier molecular flexibility index (Phi) is 6.18. The average Bonchev–Trinajstić information content (AvgIpc) is 3.22. The van der Waals surface area contributed by atoms with Crippen molar-refractivity contribution in [1.29, 1.82) is 0 Å². The monoisotopic (exact) mass is 429 g/mol. The number of aryl methyl sites for hydroxylation is 1. The molecule has 3 aromatic rings. The average molecular weight is 429 g/mol. The molecule has 2 heterocycles. The number of hydrogen-bond donors (Lipinski definition) is 1. The van der Waals surface area contributed by atoms with Gasteiger partial charge in [-0.05, 0) is 43.0 Å². The predicted molar refractivity (Wildman–Crippen MR) is 110 cm³/mol. The second-order valence-corrected chi connectivity index (χ2v) is 7.46. The SMILES string of the molecule is CSc1cc2c(cc1NC(=O)CCCc1nc(-c3ccc(F)cc3)no1)OCCO2. The van der Waals surface area contributed by atoms with Crippen LogP contribution in [0.15, 0.2) is 45.8 Å². The summed E-state index contributed by atoms with van der Waals surface area (Å²) in [7, 11) is 0. The Morgan fingerprint density at radius 3 is 2.63 bits per heavy atom. The molecule has 7 nitrogen and oxygen atoms in total. The van der Waals surface area contributed by atoms with E-state index in [1.807, 2.05) is 12.3 Å². The van der Waals surface area contributed by atoms with Crippen LogP contribution in [0.3, 0.4) is 0 Å². The number of amides is 1. The lowest BCUT2D eigenvalue weighted by Gasteiger charge is -2.21. The zero-order chi connectivity index (χ0) is 20.9. The summed E-state index contributed by atoms with van der Waals surface area (Å²) in [4.78, 5) is 17.6. The van der Waals surface area contributed by atoms with E-state index in [1.54, 1.807) is 18.2 Å². The van der Waals surface area contributed by atoms with Gasteiger partial charge in [0.1, 0.15) is 19.0 Å². The number of rotatable bonds is 7. The molecule has 0 unspecified atom stereocenters. The molecule has 0 fully saturated rings. The number of nitrogens with one attached hydrogen (secondary N) is 1. The van der Waals surface area contributed by atoms with E-state index in [1.165, 1.54) is 23.9 Å². The van der Waals surface area contributed by atoms with Crippen LogP contribution in [0.25, 0.3) is 11.4 Å². The zero-order valence-electron chi connectivity index (χ0n) is 16.3. The van der Waals surface area contributed by atoms with Gasteiger partial charge in [0.25, 0.3) is 0 Å². The maximum atomic E-state index is 13.0. The van der Waals surface area contributed by atoms with E-state index in [-0.39, 0.29) is 11.7 Å². The third-order valence-corrected chi connectivity index (χ3v) is 5.28. The Morgan fingerprint density at radius 2 is 1.90 bits per heavy atom. The molecule has 1 amide bonds. The summed E-state index contributed by atoms with van der Waals surface area (Å²) in [5.74, 6) is 1.73. The summed E-state index contributed by atoms with van der Waals surface area (Å²) < 4.78 is 29.4. The lowest BCUT2D eigenvalue weighted by molar-refractivity contribution is -0.116. The smallest absolute Gasteiger partial charge is 0.226 e. The molecule has 0 atom stereocenters. The molecule has 4 rings (SSSR count). The maximum absolute atomic E-state index is 13.0. The maximum Gasteiger partial charge on any atom is 0.226 e. The Bertz CT molecular complexity index is 1040. The highest BCUT2D eigenvalue weighted by atomic mass is 32.2. The summed E-state index contributed by atoms with van der Waals surface area (Å²) in [5, 5.41) is 6.84. The molecule has 1 aromatic heterocycles.